The van der Waals surface area contributed by atoms with Gasteiger partial charge in [-0.2, -0.15) is 5.26 Å². The van der Waals surface area contributed by atoms with Crippen LogP contribution in [0, 0.1) is 17.2 Å². The van der Waals surface area contributed by atoms with Crippen LogP contribution in [0.1, 0.15) is 31.2 Å². The number of thioether (sulfide) groups is 1. The van der Waals surface area contributed by atoms with Gasteiger partial charge >= 0.3 is 0 Å². The molecule has 0 spiro atoms. The van der Waals surface area contributed by atoms with E-state index >= 15 is 0 Å². The van der Waals surface area contributed by atoms with Crippen molar-refractivity contribution in [2.24, 2.45) is 11.7 Å². The van der Waals surface area contributed by atoms with Gasteiger partial charge < -0.3 is 10.6 Å². The number of benzene rings is 1. The second kappa shape index (κ2) is 7.01. The highest BCUT2D eigenvalue weighted by atomic mass is 32.2. The van der Waals surface area contributed by atoms with Crippen LogP contribution in [0.5, 0.6) is 0 Å². The van der Waals surface area contributed by atoms with Crippen LogP contribution in [0.15, 0.2) is 23.1 Å². The van der Waals surface area contributed by atoms with Gasteiger partial charge in [-0.1, -0.05) is 18.9 Å². The van der Waals surface area contributed by atoms with Gasteiger partial charge in [0.15, 0.2) is 0 Å². The van der Waals surface area contributed by atoms with E-state index in [1.54, 1.807) is 11.8 Å². The van der Waals surface area contributed by atoms with E-state index in [0.717, 1.165) is 22.7 Å². The monoisotopic (exact) mass is 289 g/mol. The molecule has 2 atom stereocenters. The van der Waals surface area contributed by atoms with Crippen molar-refractivity contribution in [2.75, 3.05) is 24.7 Å². The van der Waals surface area contributed by atoms with Crippen molar-refractivity contribution in [3.8, 4) is 6.07 Å². The summed E-state index contributed by atoms with van der Waals surface area (Å²) in [5.74, 6) is 0.540. The second-order valence-electron chi connectivity index (χ2n) is 5.42. The Labute approximate surface area is 126 Å². The fourth-order valence-corrected chi connectivity index (χ4v) is 3.82. The average Bonchev–Trinajstić information content (AvgIpc) is 2.53. The summed E-state index contributed by atoms with van der Waals surface area (Å²) in [5, 5.41) is 9.49. The molecule has 4 heteroatoms. The van der Waals surface area contributed by atoms with Crippen molar-refractivity contribution >= 4 is 17.4 Å². The lowest BCUT2D eigenvalue weighted by Gasteiger charge is -2.39. The Morgan fingerprint density at radius 2 is 2.15 bits per heavy atom. The number of anilines is 1. The summed E-state index contributed by atoms with van der Waals surface area (Å²) < 4.78 is 0. The van der Waals surface area contributed by atoms with Crippen LogP contribution in [-0.2, 0) is 0 Å². The van der Waals surface area contributed by atoms with Crippen molar-refractivity contribution in [1.82, 2.24) is 0 Å². The zero-order valence-electron chi connectivity index (χ0n) is 12.3. The Balaban J connectivity index is 2.33. The number of nitrogens with zero attached hydrogens (tertiary/aromatic N) is 2. The highest BCUT2D eigenvalue weighted by Gasteiger charge is 2.28. The van der Waals surface area contributed by atoms with Gasteiger partial charge in [0.05, 0.1) is 11.3 Å². The molecule has 0 radical (unpaired) electrons. The molecule has 1 aliphatic rings. The lowest BCUT2D eigenvalue weighted by atomic mass is 9.83. The molecule has 2 unspecified atom stereocenters. The van der Waals surface area contributed by atoms with Crippen LogP contribution in [0.2, 0.25) is 0 Å². The average molecular weight is 289 g/mol. The van der Waals surface area contributed by atoms with Crippen molar-refractivity contribution in [3.63, 3.8) is 0 Å². The summed E-state index contributed by atoms with van der Waals surface area (Å²) in [6.07, 6.45) is 6.93. The standard InChI is InChI=1S/C16H23N3S/c1-19(14-7-4-3-6-12(14)10-17)15-8-5-9-16(20-2)13(15)11-18/h5,8-9,12,14H,3-4,6-7,10,17H2,1-2H3. The maximum absolute atomic E-state index is 9.49. The van der Waals surface area contributed by atoms with Gasteiger partial charge in [0.1, 0.15) is 6.07 Å². The quantitative estimate of drug-likeness (QED) is 0.865. The van der Waals surface area contributed by atoms with Gasteiger partial charge in [0.2, 0.25) is 0 Å². The molecule has 1 aliphatic carbocycles. The Kier molecular flexibility index (Phi) is 5.33. The first-order chi connectivity index (χ1) is 9.72. The van der Waals surface area contributed by atoms with Crippen LogP contribution in [-0.4, -0.2) is 25.9 Å². The third-order valence-electron chi connectivity index (χ3n) is 4.39. The van der Waals surface area contributed by atoms with E-state index in [9.17, 15) is 5.26 Å². The van der Waals surface area contributed by atoms with E-state index in [2.05, 4.69) is 24.1 Å². The predicted octanol–water partition coefficient (Wildman–Crippen LogP) is 3.23. The Morgan fingerprint density at radius 1 is 1.40 bits per heavy atom. The smallest absolute Gasteiger partial charge is 0.103 e. The van der Waals surface area contributed by atoms with E-state index < -0.39 is 0 Å². The van der Waals surface area contributed by atoms with E-state index in [4.69, 9.17) is 5.73 Å². The molecule has 108 valence electrons. The molecule has 1 fully saturated rings. The van der Waals surface area contributed by atoms with Crippen molar-refractivity contribution in [1.29, 1.82) is 5.26 Å². The Morgan fingerprint density at radius 3 is 2.80 bits per heavy atom. The fraction of sp³-hybridized carbons (Fsp3) is 0.562. The lowest BCUT2D eigenvalue weighted by Crippen LogP contribution is -2.43. The molecule has 2 rings (SSSR count). The number of nitrogens with two attached hydrogens (primary N) is 1. The summed E-state index contributed by atoms with van der Waals surface area (Å²) in [6.45, 7) is 0.735. The minimum Gasteiger partial charge on any atom is -0.370 e. The highest BCUT2D eigenvalue weighted by molar-refractivity contribution is 7.98. The first-order valence-corrected chi connectivity index (χ1v) is 8.45. The largest absolute Gasteiger partial charge is 0.370 e. The van der Waals surface area contributed by atoms with Crippen LogP contribution in [0.25, 0.3) is 0 Å². The molecule has 0 saturated heterocycles. The molecule has 1 saturated carbocycles. The molecule has 1 aromatic rings. The third-order valence-corrected chi connectivity index (χ3v) is 5.17. The summed E-state index contributed by atoms with van der Waals surface area (Å²) in [4.78, 5) is 3.34. The summed E-state index contributed by atoms with van der Waals surface area (Å²) in [5.41, 5.74) is 7.78. The van der Waals surface area contributed by atoms with Crippen LogP contribution in [0.3, 0.4) is 0 Å². The molecule has 1 aromatic carbocycles. The highest BCUT2D eigenvalue weighted by Crippen LogP contribution is 2.34. The SMILES string of the molecule is CSc1cccc(N(C)C2CCCCC2CN)c1C#N. The van der Waals surface area contributed by atoms with Crippen molar-refractivity contribution in [2.45, 2.75) is 36.6 Å². The lowest BCUT2D eigenvalue weighted by molar-refractivity contribution is 0.306. The first-order valence-electron chi connectivity index (χ1n) is 7.23. The number of hydrogen-bond donors (Lipinski definition) is 1. The van der Waals surface area contributed by atoms with Gasteiger partial charge in [-0.05, 0) is 43.7 Å². The Hall–Kier alpha value is -1.18. The molecule has 0 aromatic heterocycles. The maximum atomic E-state index is 9.49. The fourth-order valence-electron chi connectivity index (χ4n) is 3.25. The maximum Gasteiger partial charge on any atom is 0.103 e. The van der Waals surface area contributed by atoms with Crippen LogP contribution < -0.4 is 10.6 Å². The molecular formula is C16H23N3S. The van der Waals surface area contributed by atoms with E-state index in [-0.39, 0.29) is 0 Å². The first kappa shape index (κ1) is 15.2. The predicted molar refractivity (Wildman–Crippen MR) is 86.1 cm³/mol. The number of rotatable bonds is 4. The molecule has 2 N–H and O–H groups in total. The van der Waals surface area contributed by atoms with Gasteiger partial charge in [0, 0.05) is 18.0 Å². The summed E-state index contributed by atoms with van der Waals surface area (Å²) in [7, 11) is 2.11. The van der Waals surface area contributed by atoms with Crippen LogP contribution >= 0.6 is 11.8 Å². The van der Waals surface area contributed by atoms with Gasteiger partial charge in [-0.15, -0.1) is 11.8 Å². The zero-order valence-corrected chi connectivity index (χ0v) is 13.1. The molecular weight excluding hydrogens is 266 g/mol. The normalized spacial score (nSPS) is 22.3. The molecule has 0 aliphatic heterocycles. The molecule has 0 bridgehead atoms. The van der Waals surface area contributed by atoms with Crippen molar-refractivity contribution < 1.29 is 0 Å². The summed E-state index contributed by atoms with van der Waals surface area (Å²) in [6, 6.07) is 8.94. The number of hydrogen-bond acceptors (Lipinski definition) is 4. The second-order valence-corrected chi connectivity index (χ2v) is 6.27. The molecule has 3 nitrogen and oxygen atoms in total. The molecule has 0 heterocycles. The van der Waals surface area contributed by atoms with Crippen molar-refractivity contribution in [3.05, 3.63) is 23.8 Å². The van der Waals surface area contributed by atoms with Crippen LogP contribution in [0.4, 0.5) is 5.69 Å². The minimum atomic E-state index is 0.456. The zero-order chi connectivity index (χ0) is 14.5. The third kappa shape index (κ3) is 2.94. The van der Waals surface area contributed by atoms with Gasteiger partial charge in [-0.25, -0.2) is 0 Å². The minimum absolute atomic E-state index is 0.456. The Bertz CT molecular complexity index is 495. The topological polar surface area (TPSA) is 53.0 Å². The summed E-state index contributed by atoms with van der Waals surface area (Å²) >= 11 is 1.63. The van der Waals surface area contributed by atoms with Gasteiger partial charge in [-0.3, -0.25) is 0 Å². The van der Waals surface area contributed by atoms with Gasteiger partial charge in [0.25, 0.3) is 0 Å². The van der Waals surface area contributed by atoms with E-state index in [0.29, 0.717) is 12.0 Å². The number of nitriles is 1. The van der Waals surface area contributed by atoms with E-state index in [1.165, 1.54) is 25.7 Å². The molecule has 0 amide bonds. The molecule has 20 heavy (non-hydrogen) atoms. The van der Waals surface area contributed by atoms with E-state index in [1.807, 2.05) is 18.4 Å².